The van der Waals surface area contributed by atoms with Crippen LogP contribution in [0.3, 0.4) is 0 Å². The molecule has 0 bridgehead atoms. The van der Waals surface area contributed by atoms with Crippen molar-refractivity contribution in [3.05, 3.63) is 0 Å². The summed E-state index contributed by atoms with van der Waals surface area (Å²) < 4.78 is 10.5. The molecule has 1 aliphatic rings. The summed E-state index contributed by atoms with van der Waals surface area (Å²) in [7, 11) is 1.71. The van der Waals surface area contributed by atoms with Crippen molar-refractivity contribution in [2.24, 2.45) is 5.92 Å². The molecule has 1 heterocycles. The number of rotatable bonds is 8. The summed E-state index contributed by atoms with van der Waals surface area (Å²) in [5.41, 5.74) is 0. The molecule has 0 aromatic carbocycles. The maximum atomic E-state index is 9.47. The zero-order valence-electron chi connectivity index (χ0n) is 10.5. The smallest absolute Gasteiger partial charge is 0.0593 e. The van der Waals surface area contributed by atoms with Gasteiger partial charge in [0.2, 0.25) is 0 Å². The number of ether oxygens (including phenoxy) is 2. The fourth-order valence-corrected chi connectivity index (χ4v) is 2.06. The Labute approximate surface area is 98.5 Å². The van der Waals surface area contributed by atoms with Crippen molar-refractivity contribution >= 4 is 0 Å². The number of aliphatic hydroxyl groups excluding tert-OH is 1. The van der Waals surface area contributed by atoms with Gasteiger partial charge >= 0.3 is 0 Å². The molecule has 1 fully saturated rings. The molecule has 2 unspecified atom stereocenters. The van der Waals surface area contributed by atoms with Gasteiger partial charge in [-0.15, -0.1) is 0 Å². The minimum atomic E-state index is -0.173. The first-order chi connectivity index (χ1) is 7.74. The number of nitrogens with zero attached hydrogens (tertiary/aromatic N) is 1. The largest absolute Gasteiger partial charge is 0.393 e. The van der Waals surface area contributed by atoms with E-state index in [-0.39, 0.29) is 6.10 Å². The fraction of sp³-hybridized carbons (Fsp3) is 1.00. The normalized spacial score (nSPS) is 23.8. The Morgan fingerprint density at radius 1 is 1.38 bits per heavy atom. The van der Waals surface area contributed by atoms with Crippen molar-refractivity contribution in [2.45, 2.75) is 25.9 Å². The summed E-state index contributed by atoms with van der Waals surface area (Å²) in [6.45, 7) is 7.31. The van der Waals surface area contributed by atoms with Crippen molar-refractivity contribution in [1.82, 2.24) is 4.90 Å². The lowest BCUT2D eigenvalue weighted by molar-refractivity contribution is 0.0836. The van der Waals surface area contributed by atoms with E-state index in [2.05, 4.69) is 4.90 Å². The average Bonchev–Trinajstić information content (AvgIpc) is 2.72. The molecular weight excluding hydrogens is 206 g/mol. The zero-order valence-corrected chi connectivity index (χ0v) is 10.5. The van der Waals surface area contributed by atoms with E-state index in [1.807, 2.05) is 6.92 Å². The monoisotopic (exact) mass is 231 g/mol. The predicted molar refractivity (Wildman–Crippen MR) is 63.5 cm³/mol. The van der Waals surface area contributed by atoms with Gasteiger partial charge in [0.15, 0.2) is 0 Å². The minimum absolute atomic E-state index is 0.173. The molecule has 0 amide bonds. The van der Waals surface area contributed by atoms with Crippen LogP contribution < -0.4 is 0 Å². The topological polar surface area (TPSA) is 41.9 Å². The van der Waals surface area contributed by atoms with Gasteiger partial charge in [-0.1, -0.05) is 0 Å². The molecule has 0 radical (unpaired) electrons. The maximum Gasteiger partial charge on any atom is 0.0593 e. The lowest BCUT2D eigenvalue weighted by atomic mass is 10.0. The van der Waals surface area contributed by atoms with E-state index < -0.39 is 0 Å². The van der Waals surface area contributed by atoms with Crippen LogP contribution in [0.25, 0.3) is 0 Å². The summed E-state index contributed by atoms with van der Waals surface area (Å²) in [4.78, 5) is 2.37. The first kappa shape index (κ1) is 13.9. The van der Waals surface area contributed by atoms with Crippen molar-refractivity contribution in [1.29, 1.82) is 0 Å². The number of methoxy groups -OCH3 is 1. The van der Waals surface area contributed by atoms with Gasteiger partial charge in [0, 0.05) is 33.4 Å². The Hall–Kier alpha value is -0.160. The molecule has 0 saturated carbocycles. The zero-order chi connectivity index (χ0) is 11.8. The van der Waals surface area contributed by atoms with E-state index in [9.17, 15) is 5.11 Å². The Morgan fingerprint density at radius 2 is 2.19 bits per heavy atom. The van der Waals surface area contributed by atoms with Gasteiger partial charge in [-0.2, -0.15) is 0 Å². The van der Waals surface area contributed by atoms with Crippen LogP contribution in [0.2, 0.25) is 0 Å². The molecule has 1 aliphatic heterocycles. The van der Waals surface area contributed by atoms with Crippen LogP contribution in [0.4, 0.5) is 0 Å². The van der Waals surface area contributed by atoms with Gasteiger partial charge in [-0.3, -0.25) is 0 Å². The molecule has 1 rings (SSSR count). The molecule has 0 aromatic heterocycles. The van der Waals surface area contributed by atoms with Crippen molar-refractivity contribution in [3.8, 4) is 0 Å². The quantitative estimate of drug-likeness (QED) is 0.626. The maximum absolute atomic E-state index is 9.47. The third kappa shape index (κ3) is 5.25. The van der Waals surface area contributed by atoms with Crippen LogP contribution >= 0.6 is 0 Å². The Bertz CT molecular complexity index is 176. The van der Waals surface area contributed by atoms with Gasteiger partial charge in [0.25, 0.3) is 0 Å². The van der Waals surface area contributed by atoms with Crippen LogP contribution in [0.15, 0.2) is 0 Å². The molecule has 2 atom stereocenters. The Balaban J connectivity index is 1.94. The second-order valence-electron chi connectivity index (χ2n) is 4.55. The van der Waals surface area contributed by atoms with Gasteiger partial charge in [0.1, 0.15) is 0 Å². The lowest BCUT2D eigenvalue weighted by Crippen LogP contribution is -2.27. The highest BCUT2D eigenvalue weighted by Gasteiger charge is 2.25. The molecule has 16 heavy (non-hydrogen) atoms. The Kier molecular flexibility index (Phi) is 6.96. The second-order valence-corrected chi connectivity index (χ2v) is 4.55. The summed E-state index contributed by atoms with van der Waals surface area (Å²) in [6.07, 6.45) is 1.90. The average molecular weight is 231 g/mol. The lowest BCUT2D eigenvalue weighted by Gasteiger charge is -2.17. The minimum Gasteiger partial charge on any atom is -0.393 e. The third-order valence-electron chi connectivity index (χ3n) is 3.18. The number of hydrogen-bond donors (Lipinski definition) is 1. The summed E-state index contributed by atoms with van der Waals surface area (Å²) in [5, 5.41) is 9.47. The summed E-state index contributed by atoms with van der Waals surface area (Å²) >= 11 is 0. The van der Waals surface area contributed by atoms with E-state index in [1.54, 1.807) is 7.11 Å². The van der Waals surface area contributed by atoms with E-state index in [4.69, 9.17) is 9.47 Å². The Morgan fingerprint density at radius 3 is 2.81 bits per heavy atom. The third-order valence-corrected chi connectivity index (χ3v) is 3.18. The van der Waals surface area contributed by atoms with Gasteiger partial charge in [0.05, 0.1) is 12.7 Å². The highest BCUT2D eigenvalue weighted by atomic mass is 16.5. The van der Waals surface area contributed by atoms with E-state index in [0.29, 0.717) is 5.92 Å². The molecule has 0 aromatic rings. The molecule has 4 heteroatoms. The van der Waals surface area contributed by atoms with E-state index in [0.717, 1.165) is 52.3 Å². The molecule has 96 valence electrons. The predicted octanol–water partition coefficient (Wildman–Crippen LogP) is 0.742. The van der Waals surface area contributed by atoms with E-state index in [1.165, 1.54) is 0 Å². The second kappa shape index (κ2) is 8.01. The van der Waals surface area contributed by atoms with Crippen LogP contribution in [0, 0.1) is 5.92 Å². The first-order valence-electron chi connectivity index (χ1n) is 6.21. The molecule has 1 N–H and O–H groups in total. The molecule has 1 saturated heterocycles. The van der Waals surface area contributed by atoms with Crippen LogP contribution in [-0.4, -0.2) is 62.7 Å². The van der Waals surface area contributed by atoms with Gasteiger partial charge in [-0.05, 0) is 32.2 Å². The molecular formula is C12H25NO3. The van der Waals surface area contributed by atoms with Crippen molar-refractivity contribution < 1.29 is 14.6 Å². The highest BCUT2D eigenvalue weighted by molar-refractivity contribution is 4.78. The molecule has 4 nitrogen and oxygen atoms in total. The van der Waals surface area contributed by atoms with E-state index >= 15 is 0 Å². The SMILES string of the molecule is COCCCOCCN1CCC(C(C)O)C1. The van der Waals surface area contributed by atoms with Crippen LogP contribution in [-0.2, 0) is 9.47 Å². The van der Waals surface area contributed by atoms with Crippen LogP contribution in [0.1, 0.15) is 19.8 Å². The van der Waals surface area contributed by atoms with Crippen LogP contribution in [0.5, 0.6) is 0 Å². The summed E-state index contributed by atoms with van der Waals surface area (Å²) in [6, 6.07) is 0. The first-order valence-corrected chi connectivity index (χ1v) is 6.21. The fourth-order valence-electron chi connectivity index (χ4n) is 2.06. The molecule has 0 spiro atoms. The number of aliphatic hydroxyl groups is 1. The number of likely N-dealkylation sites (tertiary alicyclic amines) is 1. The van der Waals surface area contributed by atoms with Gasteiger partial charge in [-0.25, -0.2) is 0 Å². The highest BCUT2D eigenvalue weighted by Crippen LogP contribution is 2.18. The van der Waals surface area contributed by atoms with Crippen molar-refractivity contribution in [3.63, 3.8) is 0 Å². The molecule has 0 aliphatic carbocycles. The number of hydrogen-bond acceptors (Lipinski definition) is 4. The van der Waals surface area contributed by atoms with Crippen molar-refractivity contribution in [2.75, 3.05) is 46.6 Å². The summed E-state index contributed by atoms with van der Waals surface area (Å²) in [5.74, 6) is 0.452. The van der Waals surface area contributed by atoms with Gasteiger partial charge < -0.3 is 19.5 Å². The standard InChI is InChI=1S/C12H25NO3/c1-11(14)12-4-5-13(10-12)6-9-16-8-3-7-15-2/h11-12,14H,3-10H2,1-2H3.